The molecule has 0 saturated heterocycles. The van der Waals surface area contributed by atoms with E-state index in [0.717, 1.165) is 9.13 Å². The van der Waals surface area contributed by atoms with Crippen LogP contribution >= 0.6 is 11.6 Å². The van der Waals surface area contributed by atoms with Crippen LogP contribution in [0.3, 0.4) is 0 Å². The molecule has 3 rings (SSSR count). The van der Waals surface area contributed by atoms with Gasteiger partial charge < -0.3 is 9.84 Å². The SMILES string of the molecule is CCOc1ccc(-n2c(=O)c3ccc(Cl)cc3n(C(CC)C(=O)O)c2=O)cc1. The van der Waals surface area contributed by atoms with Gasteiger partial charge in [0.1, 0.15) is 11.8 Å². The Morgan fingerprint density at radius 3 is 2.39 bits per heavy atom. The van der Waals surface area contributed by atoms with Gasteiger partial charge >= 0.3 is 11.7 Å². The molecule has 0 fully saturated rings. The monoisotopic (exact) mass is 402 g/mol. The van der Waals surface area contributed by atoms with Gasteiger partial charge in [-0.3, -0.25) is 9.36 Å². The summed E-state index contributed by atoms with van der Waals surface area (Å²) in [6, 6.07) is 9.80. The smallest absolute Gasteiger partial charge is 0.336 e. The third kappa shape index (κ3) is 3.41. The van der Waals surface area contributed by atoms with Crippen LogP contribution < -0.4 is 16.0 Å². The molecule has 0 aliphatic rings. The van der Waals surface area contributed by atoms with Gasteiger partial charge in [-0.25, -0.2) is 14.2 Å². The van der Waals surface area contributed by atoms with E-state index >= 15 is 0 Å². The second-order valence-corrected chi connectivity index (χ2v) is 6.58. The normalized spacial score (nSPS) is 12.1. The summed E-state index contributed by atoms with van der Waals surface area (Å²) in [6.07, 6.45) is 0.165. The fourth-order valence-corrected chi connectivity index (χ4v) is 3.32. The third-order valence-electron chi connectivity index (χ3n) is 4.44. The van der Waals surface area contributed by atoms with Crippen LogP contribution in [0.15, 0.2) is 52.1 Å². The minimum Gasteiger partial charge on any atom is -0.494 e. The largest absolute Gasteiger partial charge is 0.494 e. The molecule has 0 aliphatic carbocycles. The first-order chi connectivity index (χ1) is 13.4. The summed E-state index contributed by atoms with van der Waals surface area (Å²) in [4.78, 5) is 38.0. The number of hydrogen-bond acceptors (Lipinski definition) is 4. The predicted octanol–water partition coefficient (Wildman–Crippen LogP) is 3.24. The van der Waals surface area contributed by atoms with Gasteiger partial charge in [-0.1, -0.05) is 18.5 Å². The molecule has 1 N–H and O–H groups in total. The van der Waals surface area contributed by atoms with Gasteiger partial charge in [-0.15, -0.1) is 0 Å². The van der Waals surface area contributed by atoms with Crippen molar-refractivity contribution in [3.63, 3.8) is 0 Å². The molecular weight excluding hydrogens is 384 g/mol. The number of rotatable bonds is 6. The number of hydrogen-bond donors (Lipinski definition) is 1. The van der Waals surface area contributed by atoms with Crippen LogP contribution in [-0.4, -0.2) is 26.8 Å². The van der Waals surface area contributed by atoms with Crippen LogP contribution in [0.5, 0.6) is 5.75 Å². The van der Waals surface area contributed by atoms with E-state index in [1.807, 2.05) is 6.92 Å². The summed E-state index contributed by atoms with van der Waals surface area (Å²) in [7, 11) is 0. The highest BCUT2D eigenvalue weighted by Crippen LogP contribution is 2.21. The summed E-state index contributed by atoms with van der Waals surface area (Å²) < 4.78 is 7.47. The molecule has 1 unspecified atom stereocenters. The Hall–Kier alpha value is -3.06. The molecule has 1 atom stereocenters. The first-order valence-electron chi connectivity index (χ1n) is 8.81. The molecule has 3 aromatic rings. The Balaban J connectivity index is 2.38. The van der Waals surface area contributed by atoms with Crippen molar-refractivity contribution >= 4 is 28.5 Å². The molecule has 0 amide bonds. The average Bonchev–Trinajstić information content (AvgIpc) is 2.66. The number of carboxylic acids is 1. The van der Waals surface area contributed by atoms with E-state index in [1.165, 1.54) is 18.2 Å². The summed E-state index contributed by atoms with van der Waals surface area (Å²) in [5.74, 6) is -0.563. The van der Waals surface area contributed by atoms with Crippen LogP contribution in [0, 0.1) is 0 Å². The van der Waals surface area contributed by atoms with Crippen molar-refractivity contribution in [1.29, 1.82) is 0 Å². The average molecular weight is 403 g/mol. The third-order valence-corrected chi connectivity index (χ3v) is 4.67. The Labute approximate surface area is 165 Å². The molecule has 146 valence electrons. The molecule has 0 bridgehead atoms. The lowest BCUT2D eigenvalue weighted by atomic mass is 10.1. The van der Waals surface area contributed by atoms with Gasteiger partial charge in [-0.2, -0.15) is 0 Å². The van der Waals surface area contributed by atoms with E-state index in [1.54, 1.807) is 31.2 Å². The summed E-state index contributed by atoms with van der Waals surface area (Å²) in [5.41, 5.74) is -0.765. The molecule has 0 saturated carbocycles. The standard InChI is InChI=1S/C20H19ClN2O5/c1-3-16(19(25)26)23-17-11-12(21)5-10-15(17)18(24)22(20(23)27)13-6-8-14(9-7-13)28-4-2/h5-11,16H,3-4H2,1-2H3,(H,25,26). The van der Waals surface area contributed by atoms with Gasteiger partial charge in [0, 0.05) is 5.02 Å². The van der Waals surface area contributed by atoms with Gasteiger partial charge in [0.25, 0.3) is 5.56 Å². The Morgan fingerprint density at radius 1 is 1.14 bits per heavy atom. The molecule has 2 aromatic carbocycles. The zero-order valence-electron chi connectivity index (χ0n) is 15.4. The van der Waals surface area contributed by atoms with E-state index < -0.39 is 23.3 Å². The van der Waals surface area contributed by atoms with Crippen LogP contribution in [0.25, 0.3) is 16.6 Å². The number of fused-ring (bicyclic) bond motifs is 1. The molecule has 8 heteroatoms. The summed E-state index contributed by atoms with van der Waals surface area (Å²) >= 11 is 6.04. The first kappa shape index (κ1) is 19.7. The molecule has 0 aliphatic heterocycles. The second kappa shape index (κ2) is 7.90. The number of nitrogens with zero attached hydrogens (tertiary/aromatic N) is 2. The Morgan fingerprint density at radius 2 is 1.82 bits per heavy atom. The predicted molar refractivity (Wildman–Crippen MR) is 107 cm³/mol. The topological polar surface area (TPSA) is 90.5 Å². The number of ether oxygens (including phenoxy) is 1. The highest BCUT2D eigenvalue weighted by atomic mass is 35.5. The molecule has 7 nitrogen and oxygen atoms in total. The highest BCUT2D eigenvalue weighted by Gasteiger charge is 2.24. The van der Waals surface area contributed by atoms with E-state index in [2.05, 4.69) is 0 Å². The fraction of sp³-hybridized carbons (Fsp3) is 0.250. The minimum atomic E-state index is -1.16. The fourth-order valence-electron chi connectivity index (χ4n) is 3.16. The second-order valence-electron chi connectivity index (χ2n) is 6.14. The molecule has 28 heavy (non-hydrogen) atoms. The van der Waals surface area contributed by atoms with Crippen molar-refractivity contribution in [1.82, 2.24) is 9.13 Å². The van der Waals surface area contributed by atoms with Crippen molar-refractivity contribution in [3.8, 4) is 11.4 Å². The maximum Gasteiger partial charge on any atom is 0.336 e. The van der Waals surface area contributed by atoms with Crippen LogP contribution in [0.4, 0.5) is 0 Å². The lowest BCUT2D eigenvalue weighted by molar-refractivity contribution is -0.141. The van der Waals surface area contributed by atoms with Crippen molar-refractivity contribution in [2.45, 2.75) is 26.3 Å². The first-order valence-corrected chi connectivity index (χ1v) is 9.19. The Kier molecular flexibility index (Phi) is 5.56. The molecule has 1 heterocycles. The van der Waals surface area contributed by atoms with Gasteiger partial charge in [-0.05, 0) is 55.8 Å². The van der Waals surface area contributed by atoms with E-state index in [-0.39, 0.29) is 17.3 Å². The quantitative estimate of drug-likeness (QED) is 0.683. The zero-order valence-corrected chi connectivity index (χ0v) is 16.1. The number of aliphatic carboxylic acids is 1. The number of halogens is 1. The lowest BCUT2D eigenvalue weighted by Gasteiger charge is -2.19. The number of carboxylic acid groups (broad SMARTS) is 1. The van der Waals surface area contributed by atoms with E-state index in [9.17, 15) is 19.5 Å². The van der Waals surface area contributed by atoms with Crippen molar-refractivity contribution in [3.05, 3.63) is 68.3 Å². The molecule has 1 aromatic heterocycles. The Bertz CT molecular complexity index is 1150. The number of benzene rings is 2. The summed E-state index contributed by atoms with van der Waals surface area (Å²) in [6.45, 7) is 4.00. The lowest BCUT2D eigenvalue weighted by Crippen LogP contribution is -2.42. The summed E-state index contributed by atoms with van der Waals surface area (Å²) in [5, 5.41) is 10.1. The zero-order chi connectivity index (χ0) is 20.4. The van der Waals surface area contributed by atoms with Crippen LogP contribution in [0.1, 0.15) is 26.3 Å². The van der Waals surface area contributed by atoms with Gasteiger partial charge in [0.05, 0.1) is 23.2 Å². The van der Waals surface area contributed by atoms with E-state index in [4.69, 9.17) is 16.3 Å². The number of carbonyl (C=O) groups is 1. The number of aromatic nitrogens is 2. The maximum atomic E-state index is 13.2. The van der Waals surface area contributed by atoms with Gasteiger partial charge in [0.2, 0.25) is 0 Å². The van der Waals surface area contributed by atoms with E-state index in [0.29, 0.717) is 23.1 Å². The van der Waals surface area contributed by atoms with Gasteiger partial charge in [0.15, 0.2) is 0 Å². The van der Waals surface area contributed by atoms with Crippen LogP contribution in [0.2, 0.25) is 5.02 Å². The van der Waals surface area contributed by atoms with Crippen molar-refractivity contribution < 1.29 is 14.6 Å². The minimum absolute atomic E-state index is 0.165. The highest BCUT2D eigenvalue weighted by molar-refractivity contribution is 6.31. The maximum absolute atomic E-state index is 13.2. The molecule has 0 spiro atoms. The van der Waals surface area contributed by atoms with Crippen LogP contribution in [-0.2, 0) is 4.79 Å². The van der Waals surface area contributed by atoms with Crippen molar-refractivity contribution in [2.75, 3.05) is 6.61 Å². The van der Waals surface area contributed by atoms with Crippen molar-refractivity contribution in [2.24, 2.45) is 0 Å². The molecule has 0 radical (unpaired) electrons. The molecular formula is C20H19ClN2O5.